The van der Waals surface area contributed by atoms with Gasteiger partial charge in [-0.25, -0.2) is 4.98 Å². The van der Waals surface area contributed by atoms with Crippen LogP contribution in [0.3, 0.4) is 0 Å². The van der Waals surface area contributed by atoms with Crippen LogP contribution in [0.5, 0.6) is 0 Å². The highest BCUT2D eigenvalue weighted by Gasteiger charge is 2.22. The van der Waals surface area contributed by atoms with Crippen LogP contribution in [-0.2, 0) is 16.0 Å². The second-order valence-electron chi connectivity index (χ2n) is 9.49. The van der Waals surface area contributed by atoms with Crippen molar-refractivity contribution in [1.29, 1.82) is 0 Å². The van der Waals surface area contributed by atoms with Gasteiger partial charge in [-0.3, -0.25) is 14.4 Å². The summed E-state index contributed by atoms with van der Waals surface area (Å²) in [4.78, 5) is 46.2. The van der Waals surface area contributed by atoms with E-state index in [9.17, 15) is 14.4 Å². The van der Waals surface area contributed by atoms with Gasteiger partial charge in [-0.1, -0.05) is 18.0 Å². The predicted molar refractivity (Wildman–Crippen MR) is 145 cm³/mol. The van der Waals surface area contributed by atoms with Crippen LogP contribution in [0.2, 0.25) is 5.02 Å². The van der Waals surface area contributed by atoms with Crippen molar-refractivity contribution in [3.63, 3.8) is 0 Å². The lowest BCUT2D eigenvalue weighted by Crippen LogP contribution is -2.42. The highest BCUT2D eigenvalue weighted by Crippen LogP contribution is 2.18. The summed E-state index contributed by atoms with van der Waals surface area (Å²) in [6.45, 7) is 8.67. The number of hydrogen-bond acceptors (Lipinski definition) is 6. The Morgan fingerprint density at radius 3 is 2.64 bits per heavy atom. The molecule has 1 aliphatic rings. The van der Waals surface area contributed by atoms with Crippen molar-refractivity contribution in [2.24, 2.45) is 0 Å². The topological polar surface area (TPSA) is 94.6 Å². The standard InChI is InChI=1S/C26H36ClN5O3S/c1-18(2)32(25(35)20-8-10-21(27)11-9-20)16-24(34)30-26-29-22(17-36-26)15-23(33)28-12-6-14-31-13-5-4-7-19(31)3/h8-11,17-19H,4-7,12-16H2,1-3H3,(H,28,33)(H,29,30,34). The molecule has 196 valence electrons. The van der Waals surface area contributed by atoms with Crippen LogP contribution in [0.25, 0.3) is 0 Å². The molecule has 1 unspecified atom stereocenters. The Morgan fingerprint density at radius 2 is 1.94 bits per heavy atom. The zero-order chi connectivity index (χ0) is 26.1. The van der Waals surface area contributed by atoms with E-state index in [1.807, 2.05) is 13.8 Å². The third-order valence-electron chi connectivity index (χ3n) is 6.31. The Balaban J connectivity index is 1.42. The summed E-state index contributed by atoms with van der Waals surface area (Å²) in [5.74, 6) is -0.671. The van der Waals surface area contributed by atoms with Gasteiger partial charge in [0, 0.05) is 41.1 Å². The van der Waals surface area contributed by atoms with E-state index < -0.39 is 0 Å². The minimum atomic E-state index is -0.344. The third kappa shape index (κ3) is 8.57. The van der Waals surface area contributed by atoms with E-state index in [0.717, 1.165) is 19.5 Å². The number of amides is 3. The van der Waals surface area contributed by atoms with Crippen molar-refractivity contribution in [3.8, 4) is 0 Å². The van der Waals surface area contributed by atoms with Gasteiger partial charge in [-0.2, -0.15) is 0 Å². The smallest absolute Gasteiger partial charge is 0.254 e. The quantitative estimate of drug-likeness (QED) is 0.422. The monoisotopic (exact) mass is 533 g/mol. The van der Waals surface area contributed by atoms with Gasteiger partial charge < -0.3 is 20.4 Å². The van der Waals surface area contributed by atoms with Gasteiger partial charge in [0.05, 0.1) is 12.1 Å². The molecule has 1 aromatic heterocycles. The minimum Gasteiger partial charge on any atom is -0.356 e. The Labute approximate surface area is 222 Å². The maximum absolute atomic E-state index is 12.9. The summed E-state index contributed by atoms with van der Waals surface area (Å²) in [7, 11) is 0. The van der Waals surface area contributed by atoms with Crippen molar-refractivity contribution in [3.05, 3.63) is 45.9 Å². The fraction of sp³-hybridized carbons (Fsp3) is 0.538. The Bertz CT molecular complexity index is 1030. The summed E-state index contributed by atoms with van der Waals surface area (Å²) in [6.07, 6.45) is 4.91. The van der Waals surface area contributed by atoms with Gasteiger partial charge in [0.2, 0.25) is 11.8 Å². The normalized spacial score (nSPS) is 16.1. The molecule has 8 nitrogen and oxygen atoms in total. The van der Waals surface area contributed by atoms with E-state index in [1.165, 1.54) is 35.5 Å². The number of carbonyl (C=O) groups is 3. The molecule has 1 aliphatic heterocycles. The molecule has 3 rings (SSSR count). The first-order valence-electron chi connectivity index (χ1n) is 12.5. The highest BCUT2D eigenvalue weighted by atomic mass is 35.5. The number of anilines is 1. The van der Waals surface area contributed by atoms with E-state index in [1.54, 1.807) is 29.6 Å². The van der Waals surface area contributed by atoms with Crippen LogP contribution in [-0.4, -0.2) is 70.8 Å². The number of benzene rings is 1. The number of aromatic nitrogens is 1. The number of likely N-dealkylation sites (tertiary alicyclic amines) is 1. The Hall–Kier alpha value is -2.49. The first kappa shape index (κ1) is 28.1. The Morgan fingerprint density at radius 1 is 1.19 bits per heavy atom. The number of halogens is 1. The SMILES string of the molecule is CC1CCCCN1CCCNC(=O)Cc1csc(NC(=O)CN(C(=O)c2ccc(Cl)cc2)C(C)C)n1. The van der Waals surface area contributed by atoms with Crippen LogP contribution in [0.15, 0.2) is 29.6 Å². The molecule has 3 amide bonds. The molecule has 2 N–H and O–H groups in total. The first-order chi connectivity index (χ1) is 17.2. The van der Waals surface area contributed by atoms with Crippen molar-refractivity contribution in [1.82, 2.24) is 20.1 Å². The number of rotatable bonds is 11. The van der Waals surface area contributed by atoms with Crippen LogP contribution in [0, 0.1) is 0 Å². The minimum absolute atomic E-state index is 0.0792. The number of nitrogens with zero attached hydrogens (tertiary/aromatic N) is 3. The highest BCUT2D eigenvalue weighted by molar-refractivity contribution is 7.13. The van der Waals surface area contributed by atoms with Gasteiger partial charge >= 0.3 is 0 Å². The molecule has 0 radical (unpaired) electrons. The van der Waals surface area contributed by atoms with E-state index in [-0.39, 0.29) is 36.7 Å². The number of thiazole rings is 1. The van der Waals surface area contributed by atoms with E-state index in [4.69, 9.17) is 11.6 Å². The average molecular weight is 534 g/mol. The summed E-state index contributed by atoms with van der Waals surface area (Å²) in [5, 5.41) is 8.43. The number of hydrogen-bond donors (Lipinski definition) is 2. The van der Waals surface area contributed by atoms with E-state index >= 15 is 0 Å². The van der Waals surface area contributed by atoms with Crippen molar-refractivity contribution >= 4 is 45.8 Å². The molecular formula is C26H36ClN5O3S. The lowest BCUT2D eigenvalue weighted by atomic mass is 10.0. The maximum atomic E-state index is 12.9. The first-order valence-corrected chi connectivity index (χ1v) is 13.8. The molecule has 0 saturated carbocycles. The predicted octanol–water partition coefficient (Wildman–Crippen LogP) is 4.21. The van der Waals surface area contributed by atoms with Gasteiger partial charge in [0.25, 0.3) is 5.91 Å². The molecule has 1 fully saturated rings. The summed E-state index contributed by atoms with van der Waals surface area (Å²) < 4.78 is 0. The van der Waals surface area contributed by atoms with Crippen molar-refractivity contribution < 1.29 is 14.4 Å². The largest absolute Gasteiger partial charge is 0.356 e. The zero-order valence-electron chi connectivity index (χ0n) is 21.3. The van der Waals surface area contributed by atoms with Gasteiger partial charge in [0.1, 0.15) is 6.54 Å². The number of nitrogens with one attached hydrogen (secondary N) is 2. The third-order valence-corrected chi connectivity index (χ3v) is 7.37. The summed E-state index contributed by atoms with van der Waals surface area (Å²) in [5.41, 5.74) is 1.07. The molecule has 1 atom stereocenters. The van der Waals surface area contributed by atoms with Gasteiger partial charge in [-0.15, -0.1) is 11.3 Å². The zero-order valence-corrected chi connectivity index (χ0v) is 22.8. The lowest BCUT2D eigenvalue weighted by molar-refractivity contribution is -0.120. The second kappa shape index (κ2) is 13.7. The molecule has 2 aromatic rings. The second-order valence-corrected chi connectivity index (χ2v) is 10.8. The number of piperidine rings is 1. The molecule has 0 bridgehead atoms. The lowest BCUT2D eigenvalue weighted by Gasteiger charge is -2.33. The molecule has 1 saturated heterocycles. The summed E-state index contributed by atoms with van der Waals surface area (Å²) >= 11 is 7.17. The molecular weight excluding hydrogens is 498 g/mol. The van der Waals surface area contributed by atoms with Crippen molar-refractivity contribution in [2.75, 3.05) is 31.5 Å². The van der Waals surface area contributed by atoms with Gasteiger partial charge in [-0.05, 0) is 70.8 Å². The van der Waals surface area contributed by atoms with Crippen LogP contribution < -0.4 is 10.6 Å². The van der Waals surface area contributed by atoms with Crippen molar-refractivity contribution in [2.45, 2.75) is 65.0 Å². The van der Waals surface area contributed by atoms with E-state index in [0.29, 0.717) is 34.0 Å². The molecule has 36 heavy (non-hydrogen) atoms. The average Bonchev–Trinajstić information content (AvgIpc) is 3.27. The molecule has 10 heteroatoms. The van der Waals surface area contributed by atoms with Crippen LogP contribution >= 0.6 is 22.9 Å². The van der Waals surface area contributed by atoms with Crippen LogP contribution in [0.1, 0.15) is 62.5 Å². The Kier molecular flexibility index (Phi) is 10.7. The maximum Gasteiger partial charge on any atom is 0.254 e. The number of carbonyl (C=O) groups excluding carboxylic acids is 3. The molecule has 0 aliphatic carbocycles. The molecule has 0 spiro atoms. The summed E-state index contributed by atoms with van der Waals surface area (Å²) in [6, 6.07) is 7.04. The molecule has 2 heterocycles. The molecule has 1 aromatic carbocycles. The fourth-order valence-corrected chi connectivity index (χ4v) is 5.09. The van der Waals surface area contributed by atoms with Gasteiger partial charge in [0.15, 0.2) is 5.13 Å². The van der Waals surface area contributed by atoms with Crippen LogP contribution in [0.4, 0.5) is 5.13 Å². The van der Waals surface area contributed by atoms with E-state index in [2.05, 4.69) is 27.4 Å². The fourth-order valence-electron chi connectivity index (χ4n) is 4.23.